The summed E-state index contributed by atoms with van der Waals surface area (Å²) in [6, 6.07) is 19.0. The van der Waals surface area contributed by atoms with Crippen LogP contribution in [0.25, 0.3) is 10.2 Å². The van der Waals surface area contributed by atoms with Crippen LogP contribution in [0.5, 0.6) is 11.5 Å². The summed E-state index contributed by atoms with van der Waals surface area (Å²) in [5, 5.41) is 0. The van der Waals surface area contributed by atoms with Crippen molar-refractivity contribution in [2.75, 3.05) is 20.3 Å². The second-order valence-electron chi connectivity index (χ2n) is 8.44. The Morgan fingerprint density at radius 1 is 1.08 bits per heavy atom. The minimum absolute atomic E-state index is 0.108. The van der Waals surface area contributed by atoms with Crippen LogP contribution in [0.2, 0.25) is 0 Å². The fourth-order valence-corrected chi connectivity index (χ4v) is 6.23. The molecule has 3 aromatic carbocycles. The predicted molar refractivity (Wildman–Crippen MR) is 142 cm³/mol. The molecule has 1 aliphatic rings. The number of carbonyl (C=O) groups excluding carboxylic acids is 1. The third-order valence-electron chi connectivity index (χ3n) is 5.91. The van der Waals surface area contributed by atoms with E-state index in [0.717, 1.165) is 15.8 Å². The van der Waals surface area contributed by atoms with Crippen LogP contribution in [0.15, 0.2) is 89.3 Å². The van der Waals surface area contributed by atoms with E-state index in [4.69, 9.17) is 9.47 Å². The van der Waals surface area contributed by atoms with Gasteiger partial charge in [-0.25, -0.2) is 8.42 Å². The number of hydrogen-bond donors (Lipinski definition) is 0. The second kappa shape index (κ2) is 10.3. The molecule has 190 valence electrons. The zero-order valence-corrected chi connectivity index (χ0v) is 21.8. The molecule has 0 spiro atoms. The Morgan fingerprint density at radius 2 is 1.76 bits per heavy atom. The number of carbonyl (C=O) groups is 1. The first-order valence-corrected chi connectivity index (χ1v) is 13.9. The highest BCUT2D eigenvalue weighted by Gasteiger charge is 2.22. The zero-order valence-electron chi connectivity index (χ0n) is 20.2. The molecule has 0 unspecified atom stereocenters. The maximum Gasteiger partial charge on any atom is 0.279 e. The van der Waals surface area contributed by atoms with E-state index >= 15 is 0 Å². The molecule has 0 N–H and O–H groups in total. The van der Waals surface area contributed by atoms with Crippen LogP contribution in [0.3, 0.4) is 0 Å². The summed E-state index contributed by atoms with van der Waals surface area (Å²) < 4.78 is 41.5. The Balaban J connectivity index is 1.43. The van der Waals surface area contributed by atoms with E-state index in [1.54, 1.807) is 6.08 Å². The summed E-state index contributed by atoms with van der Waals surface area (Å²) in [6.45, 7) is 5.49. The van der Waals surface area contributed by atoms with Gasteiger partial charge in [-0.2, -0.15) is 9.30 Å². The molecule has 0 fully saturated rings. The van der Waals surface area contributed by atoms with Crippen LogP contribution in [0.1, 0.15) is 15.9 Å². The lowest BCUT2D eigenvalue weighted by atomic mass is 10.2. The van der Waals surface area contributed by atoms with Crippen molar-refractivity contribution in [1.82, 2.24) is 8.87 Å². The van der Waals surface area contributed by atoms with Crippen molar-refractivity contribution in [2.45, 2.75) is 18.0 Å². The Kier molecular flexibility index (Phi) is 6.96. The molecule has 5 rings (SSSR count). The highest BCUT2D eigenvalue weighted by molar-refractivity contribution is 7.89. The van der Waals surface area contributed by atoms with E-state index < -0.39 is 15.9 Å². The molecule has 0 aliphatic carbocycles. The quantitative estimate of drug-likeness (QED) is 0.331. The Labute approximate surface area is 218 Å². The van der Waals surface area contributed by atoms with E-state index in [-0.39, 0.29) is 11.4 Å². The van der Waals surface area contributed by atoms with E-state index in [9.17, 15) is 13.2 Å². The molecule has 4 aromatic rings. The smallest absolute Gasteiger partial charge is 0.279 e. The number of fused-ring (bicyclic) bond motifs is 2. The van der Waals surface area contributed by atoms with Gasteiger partial charge in [0.2, 0.25) is 10.0 Å². The highest BCUT2D eigenvalue weighted by Crippen LogP contribution is 2.35. The van der Waals surface area contributed by atoms with Gasteiger partial charge >= 0.3 is 0 Å². The molecule has 0 atom stereocenters. The number of sulfonamides is 1. The number of nitrogens with zero attached hydrogens (tertiary/aromatic N) is 3. The first kappa shape index (κ1) is 24.9. The SMILES string of the molecule is C=CCn1c(=NC(=O)c2ccc(S(=O)(=O)N(C)Cc3ccccc3)cc2)sc2cc3c(cc21)OCCO3. The lowest BCUT2D eigenvalue weighted by Crippen LogP contribution is -2.26. The number of thiazole rings is 1. The molecule has 0 bridgehead atoms. The van der Waals surface area contributed by atoms with Crippen LogP contribution in [0, 0.1) is 0 Å². The third-order valence-corrected chi connectivity index (χ3v) is 8.77. The number of ether oxygens (including phenoxy) is 2. The van der Waals surface area contributed by atoms with Gasteiger partial charge in [-0.3, -0.25) is 4.79 Å². The van der Waals surface area contributed by atoms with Gasteiger partial charge < -0.3 is 14.0 Å². The monoisotopic (exact) mass is 535 g/mol. The molecular formula is C27H25N3O5S2. The average Bonchev–Trinajstić information content (AvgIpc) is 3.23. The summed E-state index contributed by atoms with van der Waals surface area (Å²) in [5.41, 5.74) is 2.04. The van der Waals surface area contributed by atoms with Crippen molar-refractivity contribution in [2.24, 2.45) is 4.99 Å². The van der Waals surface area contributed by atoms with Crippen molar-refractivity contribution in [3.8, 4) is 11.5 Å². The second-order valence-corrected chi connectivity index (χ2v) is 11.5. The van der Waals surface area contributed by atoms with Crippen LogP contribution < -0.4 is 14.3 Å². The van der Waals surface area contributed by atoms with Gasteiger partial charge in [-0.15, -0.1) is 6.58 Å². The van der Waals surface area contributed by atoms with Gasteiger partial charge in [-0.1, -0.05) is 47.7 Å². The first-order valence-electron chi connectivity index (χ1n) is 11.6. The molecule has 8 nitrogen and oxygen atoms in total. The van der Waals surface area contributed by atoms with Gasteiger partial charge in [0, 0.05) is 37.8 Å². The normalized spacial score (nSPS) is 13.7. The largest absolute Gasteiger partial charge is 0.486 e. The van der Waals surface area contributed by atoms with Gasteiger partial charge in [0.05, 0.1) is 15.1 Å². The van der Waals surface area contributed by atoms with Crippen LogP contribution in [-0.2, 0) is 23.1 Å². The predicted octanol–water partition coefficient (Wildman–Crippen LogP) is 4.22. The fourth-order valence-electron chi connectivity index (χ4n) is 4.02. The summed E-state index contributed by atoms with van der Waals surface area (Å²) >= 11 is 1.36. The van der Waals surface area contributed by atoms with Gasteiger partial charge in [-0.05, 0) is 29.8 Å². The number of benzene rings is 3. The van der Waals surface area contributed by atoms with E-state index in [1.807, 2.05) is 47.0 Å². The Hall–Kier alpha value is -3.73. The molecule has 37 heavy (non-hydrogen) atoms. The molecule has 1 aliphatic heterocycles. The molecule has 2 heterocycles. The maximum absolute atomic E-state index is 13.0. The topological polar surface area (TPSA) is 90.2 Å². The standard InChI is InChI=1S/C27H25N3O5S2/c1-3-13-30-22-16-23-24(35-15-14-34-23)17-25(22)36-27(30)28-26(31)20-9-11-21(12-10-20)37(32,33)29(2)18-19-7-5-4-6-8-19/h3-12,16-17H,1,13-15,18H2,2H3. The van der Waals surface area contributed by atoms with Crippen molar-refractivity contribution in [3.05, 3.63) is 95.3 Å². The number of allylic oxidation sites excluding steroid dienone is 1. The molecular weight excluding hydrogens is 510 g/mol. The van der Waals surface area contributed by atoms with Gasteiger partial charge in [0.25, 0.3) is 5.91 Å². The number of aromatic nitrogens is 1. The highest BCUT2D eigenvalue weighted by atomic mass is 32.2. The first-order chi connectivity index (χ1) is 17.9. The fraction of sp³-hybridized carbons (Fsp3) is 0.185. The zero-order chi connectivity index (χ0) is 26.0. The molecule has 0 saturated carbocycles. The van der Waals surface area contributed by atoms with Crippen LogP contribution >= 0.6 is 11.3 Å². The van der Waals surface area contributed by atoms with E-state index in [2.05, 4.69) is 11.6 Å². The summed E-state index contributed by atoms with van der Waals surface area (Å²) in [4.78, 5) is 18.0. The van der Waals surface area contributed by atoms with Crippen molar-refractivity contribution in [3.63, 3.8) is 0 Å². The minimum Gasteiger partial charge on any atom is -0.486 e. The third kappa shape index (κ3) is 5.08. The van der Waals surface area contributed by atoms with Crippen LogP contribution in [0.4, 0.5) is 0 Å². The van der Waals surface area contributed by atoms with Crippen molar-refractivity contribution >= 4 is 37.5 Å². The molecule has 1 amide bonds. The van der Waals surface area contributed by atoms with Crippen molar-refractivity contribution in [1.29, 1.82) is 0 Å². The van der Waals surface area contributed by atoms with Gasteiger partial charge in [0.1, 0.15) is 13.2 Å². The average molecular weight is 536 g/mol. The molecule has 1 aromatic heterocycles. The summed E-state index contributed by atoms with van der Waals surface area (Å²) in [6.07, 6.45) is 1.73. The molecule has 0 radical (unpaired) electrons. The summed E-state index contributed by atoms with van der Waals surface area (Å²) in [5.74, 6) is 0.849. The van der Waals surface area contributed by atoms with Crippen LogP contribution in [-0.4, -0.2) is 43.5 Å². The number of hydrogen-bond acceptors (Lipinski definition) is 6. The van der Waals surface area contributed by atoms with Crippen molar-refractivity contribution < 1.29 is 22.7 Å². The maximum atomic E-state index is 13.0. The van der Waals surface area contributed by atoms with E-state index in [0.29, 0.717) is 41.6 Å². The lowest BCUT2D eigenvalue weighted by molar-refractivity contribution is 0.0997. The minimum atomic E-state index is -3.72. The molecule has 0 saturated heterocycles. The molecule has 10 heteroatoms. The van der Waals surface area contributed by atoms with E-state index in [1.165, 1.54) is 47.0 Å². The number of rotatable bonds is 7. The Morgan fingerprint density at radius 3 is 2.43 bits per heavy atom. The number of amides is 1. The Bertz CT molecular complexity index is 1640. The lowest BCUT2D eigenvalue weighted by Gasteiger charge is -2.18. The summed E-state index contributed by atoms with van der Waals surface area (Å²) in [7, 11) is -2.19. The van der Waals surface area contributed by atoms with Gasteiger partial charge in [0.15, 0.2) is 16.3 Å².